The Morgan fingerprint density at radius 2 is 1.56 bits per heavy atom. The van der Waals surface area contributed by atoms with Crippen LogP contribution in [-0.4, -0.2) is 5.71 Å². The molecule has 32 heavy (non-hydrogen) atoms. The minimum absolute atomic E-state index is 1.08. The van der Waals surface area contributed by atoms with Crippen LogP contribution in [0.1, 0.15) is 53.6 Å². The molecular weight excluding hydrogens is 386 g/mol. The quantitative estimate of drug-likeness (QED) is 0.412. The van der Waals surface area contributed by atoms with Gasteiger partial charge in [-0.05, 0) is 96.7 Å². The highest BCUT2D eigenvalue weighted by molar-refractivity contribution is 6.45. The van der Waals surface area contributed by atoms with Gasteiger partial charge < -0.3 is 0 Å². The fraction of sp³-hybridized carbons (Fsp3) is 0.194. The number of nitrogens with zero attached hydrogens (tertiary/aromatic N) is 1. The molecule has 156 valence electrons. The van der Waals surface area contributed by atoms with Crippen molar-refractivity contribution in [1.82, 2.24) is 0 Å². The van der Waals surface area contributed by atoms with Gasteiger partial charge in [-0.1, -0.05) is 66.2 Å². The lowest BCUT2D eigenvalue weighted by Crippen LogP contribution is -1.97. The molecular formula is C31H27N. The average molecular weight is 414 g/mol. The Morgan fingerprint density at radius 1 is 0.781 bits per heavy atom. The predicted molar refractivity (Wildman–Crippen MR) is 136 cm³/mol. The Kier molecular flexibility index (Phi) is 4.40. The van der Waals surface area contributed by atoms with Gasteiger partial charge in [0.2, 0.25) is 0 Å². The topological polar surface area (TPSA) is 12.4 Å². The van der Waals surface area contributed by atoms with E-state index in [0.717, 1.165) is 24.9 Å². The van der Waals surface area contributed by atoms with E-state index in [-0.39, 0.29) is 0 Å². The van der Waals surface area contributed by atoms with Gasteiger partial charge in [0.05, 0.1) is 11.4 Å². The fourth-order valence-electron chi connectivity index (χ4n) is 5.45. The molecule has 2 aliphatic carbocycles. The molecule has 0 spiro atoms. The number of aliphatic imine (C=N–C) groups is 1. The van der Waals surface area contributed by atoms with E-state index >= 15 is 0 Å². The molecule has 0 saturated heterocycles. The highest BCUT2D eigenvalue weighted by Gasteiger charge is 2.33. The van der Waals surface area contributed by atoms with Crippen molar-refractivity contribution in [3.05, 3.63) is 117 Å². The molecule has 0 radical (unpaired) electrons. The summed E-state index contributed by atoms with van der Waals surface area (Å²) in [5, 5.41) is 0. The van der Waals surface area contributed by atoms with Gasteiger partial charge in [0.15, 0.2) is 0 Å². The zero-order valence-corrected chi connectivity index (χ0v) is 19.0. The van der Waals surface area contributed by atoms with Gasteiger partial charge in [-0.2, -0.15) is 0 Å². The molecule has 3 aromatic carbocycles. The second-order valence-corrected chi connectivity index (χ2v) is 9.30. The summed E-state index contributed by atoms with van der Waals surface area (Å²) in [5.74, 6) is 0. The maximum absolute atomic E-state index is 5.08. The molecule has 3 aromatic rings. The molecule has 0 saturated carbocycles. The molecule has 3 aliphatic rings. The third kappa shape index (κ3) is 2.96. The summed E-state index contributed by atoms with van der Waals surface area (Å²) in [6.07, 6.45) is 5.68. The second kappa shape index (κ2) is 7.31. The van der Waals surface area contributed by atoms with Crippen molar-refractivity contribution in [1.29, 1.82) is 0 Å². The standard InChI is InChI=1S/C31H27N/c1-19-15-28-27(18-24(19)14-13-22-16-25-11-7-8-12-26(25)17-22)30-29(23-9-5-4-6-10-23)20(2)21(3)31(30)32-28/h4-12,15-16,18H,13-14,17H2,1-3H3. The minimum Gasteiger partial charge on any atom is -0.247 e. The summed E-state index contributed by atoms with van der Waals surface area (Å²) in [5.41, 5.74) is 17.4. The van der Waals surface area contributed by atoms with E-state index < -0.39 is 0 Å². The molecule has 0 bridgehead atoms. The van der Waals surface area contributed by atoms with Crippen LogP contribution in [0.15, 0.2) is 88.4 Å². The molecule has 0 aromatic heterocycles. The largest absolute Gasteiger partial charge is 0.247 e. The molecule has 0 atom stereocenters. The summed E-state index contributed by atoms with van der Waals surface area (Å²) in [6, 6.07) is 24.3. The zero-order chi connectivity index (χ0) is 21.8. The van der Waals surface area contributed by atoms with Crippen LogP contribution < -0.4 is 0 Å². The molecule has 1 heterocycles. The summed E-state index contributed by atoms with van der Waals surface area (Å²) < 4.78 is 0. The molecule has 0 fully saturated rings. The number of allylic oxidation sites excluding steroid dienone is 5. The Labute approximate surface area is 190 Å². The van der Waals surface area contributed by atoms with Crippen molar-refractivity contribution in [2.24, 2.45) is 4.99 Å². The lowest BCUT2D eigenvalue weighted by molar-refractivity contribution is 0.910. The molecule has 1 nitrogen and oxygen atoms in total. The van der Waals surface area contributed by atoms with Crippen molar-refractivity contribution >= 4 is 28.6 Å². The van der Waals surface area contributed by atoms with Crippen LogP contribution in [0.2, 0.25) is 0 Å². The summed E-state index contributed by atoms with van der Waals surface area (Å²) >= 11 is 0. The Hall–Kier alpha value is -3.45. The van der Waals surface area contributed by atoms with E-state index in [1.54, 1.807) is 5.57 Å². The molecule has 0 N–H and O–H groups in total. The zero-order valence-electron chi connectivity index (χ0n) is 19.0. The predicted octanol–water partition coefficient (Wildman–Crippen LogP) is 7.91. The summed E-state index contributed by atoms with van der Waals surface area (Å²) in [7, 11) is 0. The van der Waals surface area contributed by atoms with E-state index in [1.165, 1.54) is 61.4 Å². The maximum atomic E-state index is 5.08. The Balaban J connectivity index is 1.35. The van der Waals surface area contributed by atoms with Crippen LogP contribution in [0.25, 0.3) is 17.2 Å². The van der Waals surface area contributed by atoms with Gasteiger partial charge in [0.25, 0.3) is 0 Å². The summed E-state index contributed by atoms with van der Waals surface area (Å²) in [6.45, 7) is 6.70. The number of fused-ring (bicyclic) bond motifs is 4. The maximum Gasteiger partial charge on any atom is 0.0754 e. The van der Waals surface area contributed by atoms with Gasteiger partial charge in [0.1, 0.15) is 0 Å². The minimum atomic E-state index is 1.08. The van der Waals surface area contributed by atoms with Crippen LogP contribution in [0.4, 0.5) is 5.69 Å². The molecule has 0 amide bonds. The Morgan fingerprint density at radius 3 is 2.38 bits per heavy atom. The first-order chi connectivity index (χ1) is 15.6. The van der Waals surface area contributed by atoms with Gasteiger partial charge in [0, 0.05) is 11.1 Å². The van der Waals surface area contributed by atoms with Crippen molar-refractivity contribution in [2.75, 3.05) is 0 Å². The van der Waals surface area contributed by atoms with Crippen molar-refractivity contribution in [3.8, 4) is 0 Å². The van der Waals surface area contributed by atoms with E-state index in [1.807, 2.05) is 0 Å². The second-order valence-electron chi connectivity index (χ2n) is 9.30. The smallest absolute Gasteiger partial charge is 0.0754 e. The van der Waals surface area contributed by atoms with E-state index in [2.05, 4.69) is 93.6 Å². The third-order valence-corrected chi connectivity index (χ3v) is 7.35. The Bertz CT molecular complexity index is 1390. The third-order valence-electron chi connectivity index (χ3n) is 7.35. The van der Waals surface area contributed by atoms with Crippen LogP contribution in [0, 0.1) is 6.92 Å². The molecule has 1 aliphatic heterocycles. The first kappa shape index (κ1) is 19.3. The normalized spacial score (nSPS) is 16.2. The highest BCUT2D eigenvalue weighted by atomic mass is 14.8. The van der Waals surface area contributed by atoms with Crippen molar-refractivity contribution in [2.45, 2.75) is 40.0 Å². The number of aryl methyl sites for hydroxylation is 2. The van der Waals surface area contributed by atoms with E-state index in [9.17, 15) is 0 Å². The van der Waals surface area contributed by atoms with Gasteiger partial charge in [-0.15, -0.1) is 0 Å². The fourth-order valence-corrected chi connectivity index (χ4v) is 5.45. The SMILES string of the molecule is CC1=C(C)C(c2ccccc2)=C2C1=Nc1cc(C)c(CCC3=Cc4ccccc4C3)cc12. The number of benzene rings is 3. The molecule has 6 rings (SSSR count). The molecule has 0 unspecified atom stereocenters. The van der Waals surface area contributed by atoms with E-state index in [4.69, 9.17) is 4.99 Å². The monoisotopic (exact) mass is 413 g/mol. The van der Waals surface area contributed by atoms with Crippen molar-refractivity contribution < 1.29 is 0 Å². The summed E-state index contributed by atoms with van der Waals surface area (Å²) in [4.78, 5) is 5.08. The lowest BCUT2D eigenvalue weighted by atomic mass is 9.90. The average Bonchev–Trinajstić information content (AvgIpc) is 3.45. The first-order valence-electron chi connectivity index (χ1n) is 11.6. The number of hydrogen-bond acceptors (Lipinski definition) is 1. The van der Waals surface area contributed by atoms with Gasteiger partial charge in [-0.25, -0.2) is 4.99 Å². The van der Waals surface area contributed by atoms with E-state index in [0.29, 0.717) is 0 Å². The first-order valence-corrected chi connectivity index (χ1v) is 11.6. The number of rotatable bonds is 4. The lowest BCUT2D eigenvalue weighted by Gasteiger charge is -2.13. The van der Waals surface area contributed by atoms with Gasteiger partial charge in [-0.3, -0.25) is 0 Å². The van der Waals surface area contributed by atoms with Gasteiger partial charge >= 0.3 is 0 Å². The molecule has 1 heteroatoms. The van der Waals surface area contributed by atoms with Crippen LogP contribution in [0.5, 0.6) is 0 Å². The van der Waals surface area contributed by atoms with Crippen LogP contribution in [0.3, 0.4) is 0 Å². The van der Waals surface area contributed by atoms with Crippen LogP contribution >= 0.6 is 0 Å². The van der Waals surface area contributed by atoms with Crippen molar-refractivity contribution in [3.63, 3.8) is 0 Å². The highest BCUT2D eigenvalue weighted by Crippen LogP contribution is 2.49. The number of hydrogen-bond donors (Lipinski definition) is 0. The van der Waals surface area contributed by atoms with Crippen LogP contribution in [-0.2, 0) is 12.8 Å².